The maximum atomic E-state index is 12.7. The van der Waals surface area contributed by atoms with E-state index in [1.807, 2.05) is 0 Å². The number of hydrogen-bond donors (Lipinski definition) is 1. The van der Waals surface area contributed by atoms with Gasteiger partial charge < -0.3 is 18.8 Å². The summed E-state index contributed by atoms with van der Waals surface area (Å²) in [7, 11) is 0. The first-order valence-corrected chi connectivity index (χ1v) is 8.30. The monoisotopic (exact) mass is 337 g/mol. The highest BCUT2D eigenvalue weighted by Crippen LogP contribution is 2.28. The first-order chi connectivity index (χ1) is 11.1. The number of carbonyl (C=O) groups is 1. The molecule has 23 heavy (non-hydrogen) atoms. The van der Waals surface area contributed by atoms with E-state index in [0.29, 0.717) is 18.7 Å². The van der Waals surface area contributed by atoms with Crippen molar-refractivity contribution in [2.75, 3.05) is 6.54 Å². The quantitative estimate of drug-likeness (QED) is 0.914. The summed E-state index contributed by atoms with van der Waals surface area (Å²) in [4.78, 5) is 14.5. The average molecular weight is 338 g/mol. The van der Waals surface area contributed by atoms with Gasteiger partial charge in [-0.25, -0.2) is 0 Å². The zero-order valence-electron chi connectivity index (χ0n) is 12.8. The molecule has 0 saturated carbocycles. The molecule has 0 spiro atoms. The summed E-state index contributed by atoms with van der Waals surface area (Å²) in [5, 5.41) is 10.6. The lowest BCUT2D eigenvalue weighted by Crippen LogP contribution is -2.40. The Morgan fingerprint density at radius 3 is 2.91 bits per heavy atom. The fourth-order valence-electron chi connectivity index (χ4n) is 3.12. The van der Waals surface area contributed by atoms with E-state index in [4.69, 9.17) is 20.4 Å². The maximum absolute atomic E-state index is 12.7. The minimum atomic E-state index is -0.719. The molecule has 2 aromatic rings. The van der Waals surface area contributed by atoms with Gasteiger partial charge in [-0.1, -0.05) is 12.8 Å². The lowest BCUT2D eigenvalue weighted by atomic mass is 10.0. The topological polar surface area (TPSA) is 66.8 Å². The standard InChI is InChI=1S/C17H20ClNO4/c18-16-8-7-15(23-16)17(21)19-9-3-1-2-5-12(19)11-13(20)14-6-4-10-22-14/h4,6-8,10,12-13,20H,1-3,5,9,11H2. The molecule has 3 heterocycles. The largest absolute Gasteiger partial charge is 0.467 e. The van der Waals surface area contributed by atoms with E-state index in [1.54, 1.807) is 35.4 Å². The third-order valence-corrected chi connectivity index (χ3v) is 4.49. The molecular weight excluding hydrogens is 318 g/mol. The number of nitrogens with zero attached hydrogens (tertiary/aromatic N) is 1. The summed E-state index contributed by atoms with van der Waals surface area (Å²) in [6.07, 6.45) is 5.20. The van der Waals surface area contributed by atoms with Crippen LogP contribution in [0.3, 0.4) is 0 Å². The highest BCUT2D eigenvalue weighted by Gasteiger charge is 2.30. The number of carbonyl (C=O) groups excluding carboxylic acids is 1. The molecule has 0 aromatic carbocycles. The molecular formula is C17H20ClNO4. The van der Waals surface area contributed by atoms with Gasteiger partial charge in [-0.15, -0.1) is 0 Å². The number of aliphatic hydroxyl groups excluding tert-OH is 1. The highest BCUT2D eigenvalue weighted by atomic mass is 35.5. The van der Waals surface area contributed by atoms with Gasteiger partial charge in [0.2, 0.25) is 0 Å². The van der Waals surface area contributed by atoms with Crippen molar-refractivity contribution in [2.45, 2.75) is 44.2 Å². The van der Waals surface area contributed by atoms with Crippen LogP contribution in [-0.4, -0.2) is 28.5 Å². The van der Waals surface area contributed by atoms with Crippen molar-refractivity contribution in [3.8, 4) is 0 Å². The van der Waals surface area contributed by atoms with Crippen LogP contribution >= 0.6 is 11.6 Å². The van der Waals surface area contributed by atoms with Crippen molar-refractivity contribution in [1.29, 1.82) is 0 Å². The van der Waals surface area contributed by atoms with E-state index in [0.717, 1.165) is 25.7 Å². The molecule has 2 atom stereocenters. The van der Waals surface area contributed by atoms with Crippen LogP contribution in [0.2, 0.25) is 5.22 Å². The number of rotatable bonds is 4. The Kier molecular flexibility index (Phi) is 5.08. The maximum Gasteiger partial charge on any atom is 0.289 e. The Bertz CT molecular complexity index is 637. The van der Waals surface area contributed by atoms with E-state index in [-0.39, 0.29) is 22.9 Å². The molecule has 3 rings (SSSR count). The minimum Gasteiger partial charge on any atom is -0.467 e. The van der Waals surface area contributed by atoms with Crippen LogP contribution in [-0.2, 0) is 0 Å². The van der Waals surface area contributed by atoms with Gasteiger partial charge in [0.1, 0.15) is 11.9 Å². The van der Waals surface area contributed by atoms with Crippen molar-refractivity contribution < 1.29 is 18.7 Å². The Hall–Kier alpha value is -1.72. The zero-order valence-corrected chi connectivity index (χ0v) is 13.5. The molecule has 1 aliphatic rings. The summed E-state index contributed by atoms with van der Waals surface area (Å²) < 4.78 is 10.5. The second kappa shape index (κ2) is 7.23. The fourth-order valence-corrected chi connectivity index (χ4v) is 3.26. The van der Waals surface area contributed by atoms with E-state index in [2.05, 4.69) is 0 Å². The molecule has 124 valence electrons. The number of furan rings is 2. The van der Waals surface area contributed by atoms with Gasteiger partial charge >= 0.3 is 0 Å². The minimum absolute atomic E-state index is 0.0472. The molecule has 0 bridgehead atoms. The Labute approximate surface area is 139 Å². The SMILES string of the molecule is O=C(c1ccc(Cl)o1)N1CCCCCC1CC(O)c1ccco1. The van der Waals surface area contributed by atoms with Crippen LogP contribution in [0.1, 0.15) is 54.5 Å². The van der Waals surface area contributed by atoms with E-state index >= 15 is 0 Å². The van der Waals surface area contributed by atoms with Crippen molar-refractivity contribution in [1.82, 2.24) is 4.90 Å². The molecule has 2 unspecified atom stereocenters. The summed E-state index contributed by atoms with van der Waals surface area (Å²) in [6.45, 7) is 0.659. The number of hydrogen-bond acceptors (Lipinski definition) is 4. The molecule has 0 radical (unpaired) electrons. The number of amides is 1. The fraction of sp³-hybridized carbons (Fsp3) is 0.471. The lowest BCUT2D eigenvalue weighted by molar-refractivity contribution is 0.0529. The zero-order chi connectivity index (χ0) is 16.2. The van der Waals surface area contributed by atoms with Gasteiger partial charge in [0, 0.05) is 19.0 Å². The third-order valence-electron chi connectivity index (χ3n) is 4.29. The molecule has 6 heteroatoms. The molecule has 1 saturated heterocycles. The highest BCUT2D eigenvalue weighted by molar-refractivity contribution is 6.29. The first-order valence-electron chi connectivity index (χ1n) is 7.93. The Morgan fingerprint density at radius 1 is 1.35 bits per heavy atom. The van der Waals surface area contributed by atoms with Gasteiger partial charge in [-0.2, -0.15) is 0 Å². The van der Waals surface area contributed by atoms with Gasteiger partial charge in [0.05, 0.1) is 6.26 Å². The summed E-state index contributed by atoms with van der Waals surface area (Å²) in [5.74, 6) is 0.604. The van der Waals surface area contributed by atoms with Gasteiger partial charge in [0.15, 0.2) is 11.0 Å². The lowest BCUT2D eigenvalue weighted by Gasteiger charge is -2.30. The van der Waals surface area contributed by atoms with Crippen molar-refractivity contribution in [2.24, 2.45) is 0 Å². The summed E-state index contributed by atoms with van der Waals surface area (Å²) in [5.41, 5.74) is 0. The molecule has 5 nitrogen and oxygen atoms in total. The third kappa shape index (κ3) is 3.79. The van der Waals surface area contributed by atoms with Crippen molar-refractivity contribution >= 4 is 17.5 Å². The molecule has 2 aromatic heterocycles. The number of likely N-dealkylation sites (tertiary alicyclic amines) is 1. The second-order valence-electron chi connectivity index (χ2n) is 5.87. The Balaban J connectivity index is 1.75. The molecule has 0 aliphatic carbocycles. The van der Waals surface area contributed by atoms with Crippen molar-refractivity contribution in [3.05, 3.63) is 47.3 Å². The van der Waals surface area contributed by atoms with Crippen LogP contribution in [0.25, 0.3) is 0 Å². The smallest absolute Gasteiger partial charge is 0.289 e. The van der Waals surface area contributed by atoms with Crippen LogP contribution in [0.5, 0.6) is 0 Å². The van der Waals surface area contributed by atoms with Gasteiger partial charge in [0.25, 0.3) is 5.91 Å². The van der Waals surface area contributed by atoms with E-state index in [1.165, 1.54) is 0 Å². The van der Waals surface area contributed by atoms with Crippen LogP contribution in [0.4, 0.5) is 0 Å². The Morgan fingerprint density at radius 2 is 2.22 bits per heavy atom. The van der Waals surface area contributed by atoms with Gasteiger partial charge in [-0.05, 0) is 48.7 Å². The molecule has 1 aliphatic heterocycles. The summed E-state index contributed by atoms with van der Waals surface area (Å²) >= 11 is 5.77. The van der Waals surface area contributed by atoms with Crippen LogP contribution < -0.4 is 0 Å². The first kappa shape index (κ1) is 16.1. The average Bonchev–Trinajstić information content (AvgIpc) is 3.16. The molecule has 1 fully saturated rings. The predicted octanol–water partition coefficient (Wildman–Crippen LogP) is 4.03. The van der Waals surface area contributed by atoms with E-state index in [9.17, 15) is 9.90 Å². The normalized spacial score (nSPS) is 20.3. The second-order valence-corrected chi connectivity index (χ2v) is 6.24. The predicted molar refractivity (Wildman–Crippen MR) is 85.3 cm³/mol. The summed E-state index contributed by atoms with van der Waals surface area (Å²) in [6, 6.07) is 6.61. The van der Waals surface area contributed by atoms with Gasteiger partial charge in [-0.3, -0.25) is 4.79 Å². The number of aliphatic hydroxyl groups is 1. The van der Waals surface area contributed by atoms with Crippen molar-refractivity contribution in [3.63, 3.8) is 0 Å². The molecule has 1 amide bonds. The van der Waals surface area contributed by atoms with Crippen LogP contribution in [0.15, 0.2) is 39.4 Å². The number of halogens is 1. The van der Waals surface area contributed by atoms with Crippen LogP contribution in [0, 0.1) is 0 Å². The van der Waals surface area contributed by atoms with E-state index < -0.39 is 6.10 Å². The molecule has 1 N–H and O–H groups in total.